The smallest absolute Gasteiger partial charge is 0.409 e. The molecule has 31 heavy (non-hydrogen) atoms. The number of nitrogens with one attached hydrogen (secondary N) is 1. The molecular formula is C22H23N3O5S. The second-order valence-corrected chi connectivity index (χ2v) is 8.84. The van der Waals surface area contributed by atoms with Gasteiger partial charge in [-0.15, -0.1) is 11.3 Å². The molecule has 0 bridgehead atoms. The summed E-state index contributed by atoms with van der Waals surface area (Å²) in [5.41, 5.74) is 1.49. The van der Waals surface area contributed by atoms with Crippen LogP contribution in [-0.4, -0.2) is 47.8 Å². The van der Waals surface area contributed by atoms with Gasteiger partial charge in [0.15, 0.2) is 0 Å². The maximum atomic E-state index is 12.3. The number of nitriles is 1. The van der Waals surface area contributed by atoms with E-state index in [0.717, 1.165) is 16.9 Å². The fourth-order valence-electron chi connectivity index (χ4n) is 3.89. The monoisotopic (exact) mass is 441 g/mol. The topological polar surface area (TPSA) is 116 Å². The van der Waals surface area contributed by atoms with Crippen molar-refractivity contribution in [3.8, 4) is 6.07 Å². The maximum Gasteiger partial charge on any atom is 0.409 e. The third-order valence-corrected chi connectivity index (χ3v) is 6.69. The van der Waals surface area contributed by atoms with Crippen molar-refractivity contribution < 1.29 is 23.8 Å². The number of ether oxygens (including phenoxy) is 1. The van der Waals surface area contributed by atoms with Crippen molar-refractivity contribution in [3.63, 3.8) is 0 Å². The summed E-state index contributed by atoms with van der Waals surface area (Å²) in [7, 11) is 0. The maximum absolute atomic E-state index is 12.3. The number of rotatable bonds is 5. The van der Waals surface area contributed by atoms with Crippen molar-refractivity contribution >= 4 is 34.4 Å². The summed E-state index contributed by atoms with van der Waals surface area (Å²) in [6.45, 7) is 1.14. The van der Waals surface area contributed by atoms with Crippen molar-refractivity contribution in [2.75, 3.05) is 25.0 Å². The number of hydrogen-bond acceptors (Lipinski definition) is 7. The number of nitrogens with zero attached hydrogens (tertiary/aromatic N) is 2. The highest BCUT2D eigenvalue weighted by atomic mass is 32.1. The SMILES string of the molecule is N#Cc1c(NC(=O)/C=C/c2ccco2)sc2c1CCC(COC(=O)N1CCC(O)C1)C2. The lowest BCUT2D eigenvalue weighted by atomic mass is 9.88. The van der Waals surface area contributed by atoms with Gasteiger partial charge in [0, 0.05) is 24.0 Å². The van der Waals surface area contributed by atoms with E-state index in [1.807, 2.05) is 0 Å². The number of furan rings is 1. The Labute approximate surface area is 183 Å². The van der Waals surface area contributed by atoms with Crippen LogP contribution in [0.4, 0.5) is 9.80 Å². The second kappa shape index (κ2) is 9.37. The van der Waals surface area contributed by atoms with Gasteiger partial charge in [-0.2, -0.15) is 5.26 Å². The number of fused-ring (bicyclic) bond motifs is 1. The zero-order chi connectivity index (χ0) is 21.8. The molecule has 9 heteroatoms. The average Bonchev–Trinajstić information content (AvgIpc) is 3.50. The second-order valence-electron chi connectivity index (χ2n) is 7.73. The molecule has 2 amide bonds. The molecule has 2 atom stereocenters. The summed E-state index contributed by atoms with van der Waals surface area (Å²) in [6, 6.07) is 5.70. The van der Waals surface area contributed by atoms with Crippen molar-refractivity contribution in [2.24, 2.45) is 5.92 Å². The minimum absolute atomic E-state index is 0.163. The summed E-state index contributed by atoms with van der Waals surface area (Å²) >= 11 is 1.41. The molecule has 0 aromatic carbocycles. The summed E-state index contributed by atoms with van der Waals surface area (Å²) in [5, 5.41) is 22.5. The molecule has 162 valence electrons. The number of β-amino-alcohol motifs (C(OH)–C–C–N with tert-alkyl or cyclic N) is 1. The molecular weight excluding hydrogens is 418 g/mol. The number of amides is 2. The van der Waals surface area contributed by atoms with Crippen molar-refractivity contribution in [1.29, 1.82) is 5.26 Å². The standard InChI is InChI=1S/C22H23N3O5S/c23-11-18-17-5-3-14(13-30-22(28)25-8-7-15(26)12-25)10-19(17)31-21(18)24-20(27)6-4-16-2-1-9-29-16/h1-2,4,6,9,14-15,26H,3,5,7-8,10,12-13H2,(H,24,27)/b6-4+. The molecule has 2 unspecified atom stereocenters. The first kappa shape index (κ1) is 21.2. The van der Waals surface area contributed by atoms with E-state index in [0.29, 0.717) is 55.3 Å². The molecule has 2 aromatic heterocycles. The number of carbonyl (C=O) groups is 2. The van der Waals surface area contributed by atoms with Crippen LogP contribution in [0.3, 0.4) is 0 Å². The molecule has 3 heterocycles. The Morgan fingerprint density at radius 1 is 1.45 bits per heavy atom. The van der Waals surface area contributed by atoms with Crippen LogP contribution in [0.25, 0.3) is 6.08 Å². The Hall–Kier alpha value is -3.09. The predicted octanol–water partition coefficient (Wildman–Crippen LogP) is 3.17. The van der Waals surface area contributed by atoms with Crippen LogP contribution < -0.4 is 5.32 Å². The van der Waals surface area contributed by atoms with Gasteiger partial charge in [-0.05, 0) is 55.4 Å². The Bertz CT molecular complexity index is 1020. The third-order valence-electron chi connectivity index (χ3n) is 5.52. The van der Waals surface area contributed by atoms with Gasteiger partial charge >= 0.3 is 6.09 Å². The van der Waals surface area contributed by atoms with Gasteiger partial charge in [0.05, 0.1) is 24.5 Å². The third kappa shape index (κ3) is 4.98. The van der Waals surface area contributed by atoms with Crippen LogP contribution in [0, 0.1) is 17.2 Å². The lowest BCUT2D eigenvalue weighted by Crippen LogP contribution is -2.32. The lowest BCUT2D eigenvalue weighted by molar-refractivity contribution is -0.111. The molecule has 2 aliphatic rings. The Balaban J connectivity index is 1.36. The van der Waals surface area contributed by atoms with E-state index >= 15 is 0 Å². The van der Waals surface area contributed by atoms with Crippen molar-refractivity contribution in [2.45, 2.75) is 31.8 Å². The molecule has 1 aliphatic heterocycles. The fraction of sp³-hybridized carbons (Fsp3) is 0.409. The van der Waals surface area contributed by atoms with Crippen LogP contribution in [0.1, 0.15) is 34.6 Å². The van der Waals surface area contributed by atoms with E-state index in [9.17, 15) is 20.0 Å². The van der Waals surface area contributed by atoms with Gasteiger partial charge in [0.2, 0.25) is 5.91 Å². The number of aliphatic hydroxyl groups excluding tert-OH is 1. The molecule has 1 aliphatic carbocycles. The van der Waals surface area contributed by atoms with Gasteiger partial charge in [-0.25, -0.2) is 4.79 Å². The van der Waals surface area contributed by atoms with Crippen LogP contribution in [-0.2, 0) is 22.4 Å². The largest absolute Gasteiger partial charge is 0.465 e. The van der Waals surface area contributed by atoms with E-state index in [-0.39, 0.29) is 17.9 Å². The molecule has 1 saturated heterocycles. The summed E-state index contributed by atoms with van der Waals surface area (Å²) in [6.07, 6.45) is 6.40. The molecule has 0 saturated carbocycles. The van der Waals surface area contributed by atoms with Crippen molar-refractivity contribution in [3.05, 3.63) is 46.2 Å². The van der Waals surface area contributed by atoms with E-state index in [1.54, 1.807) is 18.2 Å². The van der Waals surface area contributed by atoms with E-state index in [2.05, 4.69) is 11.4 Å². The number of hydrogen-bond donors (Lipinski definition) is 2. The molecule has 0 radical (unpaired) electrons. The summed E-state index contributed by atoms with van der Waals surface area (Å²) in [4.78, 5) is 27.0. The van der Waals surface area contributed by atoms with Crippen LogP contribution in [0.2, 0.25) is 0 Å². The summed E-state index contributed by atoms with van der Waals surface area (Å²) in [5.74, 6) is 0.406. The molecule has 2 N–H and O–H groups in total. The Morgan fingerprint density at radius 2 is 2.32 bits per heavy atom. The quantitative estimate of drug-likeness (QED) is 0.689. The van der Waals surface area contributed by atoms with E-state index in [4.69, 9.17) is 9.15 Å². The Morgan fingerprint density at radius 3 is 3.03 bits per heavy atom. The minimum atomic E-state index is -0.470. The highest BCUT2D eigenvalue weighted by molar-refractivity contribution is 7.16. The van der Waals surface area contributed by atoms with Crippen LogP contribution in [0.15, 0.2) is 28.9 Å². The fourth-order valence-corrected chi connectivity index (χ4v) is 5.20. The number of thiophene rings is 1. The first-order valence-electron chi connectivity index (χ1n) is 10.2. The highest BCUT2D eigenvalue weighted by Gasteiger charge is 2.29. The first-order chi connectivity index (χ1) is 15.0. The van der Waals surface area contributed by atoms with Gasteiger partial charge in [-0.3, -0.25) is 4.79 Å². The molecule has 1 fully saturated rings. The highest BCUT2D eigenvalue weighted by Crippen LogP contribution is 2.39. The average molecular weight is 442 g/mol. The number of likely N-dealkylation sites (tertiary alicyclic amines) is 1. The molecule has 0 spiro atoms. The number of anilines is 1. The van der Waals surface area contributed by atoms with Gasteiger partial charge in [0.1, 0.15) is 16.8 Å². The van der Waals surface area contributed by atoms with Gasteiger partial charge in [-0.1, -0.05) is 0 Å². The molecule has 4 rings (SSSR count). The Kier molecular flexibility index (Phi) is 6.39. The number of carbonyl (C=O) groups excluding carboxylic acids is 2. The molecule has 2 aromatic rings. The van der Waals surface area contributed by atoms with Gasteiger partial charge < -0.3 is 24.5 Å². The summed E-state index contributed by atoms with van der Waals surface area (Å²) < 4.78 is 10.6. The van der Waals surface area contributed by atoms with E-state index < -0.39 is 6.10 Å². The molecule has 8 nitrogen and oxygen atoms in total. The lowest BCUT2D eigenvalue weighted by Gasteiger charge is -2.23. The zero-order valence-electron chi connectivity index (χ0n) is 16.9. The van der Waals surface area contributed by atoms with Gasteiger partial charge in [0.25, 0.3) is 0 Å². The first-order valence-corrected chi connectivity index (χ1v) is 11.0. The van der Waals surface area contributed by atoms with Crippen molar-refractivity contribution in [1.82, 2.24) is 4.90 Å². The zero-order valence-corrected chi connectivity index (χ0v) is 17.7. The normalized spacial score (nSPS) is 20.5. The predicted molar refractivity (Wildman–Crippen MR) is 114 cm³/mol. The van der Waals surface area contributed by atoms with Crippen LogP contribution >= 0.6 is 11.3 Å². The van der Waals surface area contributed by atoms with E-state index in [1.165, 1.54) is 28.6 Å². The van der Waals surface area contributed by atoms with Crippen LogP contribution in [0.5, 0.6) is 0 Å². The minimum Gasteiger partial charge on any atom is -0.465 e. The number of aliphatic hydroxyl groups is 1.